The third-order valence-corrected chi connectivity index (χ3v) is 5.47. The van der Waals surface area contributed by atoms with Crippen molar-refractivity contribution < 1.29 is 32.2 Å². The molecule has 2 aromatic rings. The fraction of sp³-hybridized carbons (Fsp3) is 0.435. The molecular weight excluding hydrogens is 429 g/mol. The number of esters is 1. The first-order chi connectivity index (χ1) is 14.4. The number of ether oxygens (including phenoxy) is 3. The summed E-state index contributed by atoms with van der Waals surface area (Å²) in [5.74, 6) is 0.980. The van der Waals surface area contributed by atoms with Crippen molar-refractivity contribution in [2.45, 2.75) is 50.8 Å². The van der Waals surface area contributed by atoms with Crippen molar-refractivity contribution in [2.75, 3.05) is 13.7 Å². The third kappa shape index (κ3) is 7.69. The number of carbonyl (C=O) groups is 1. The highest BCUT2D eigenvalue weighted by Crippen LogP contribution is 2.39. The highest BCUT2D eigenvalue weighted by atomic mass is 32.2. The number of halogens is 3. The lowest BCUT2D eigenvalue weighted by Crippen LogP contribution is -2.09. The summed E-state index contributed by atoms with van der Waals surface area (Å²) in [6.45, 7) is 7.98. The van der Waals surface area contributed by atoms with E-state index in [1.165, 1.54) is 24.9 Å². The molecule has 0 aliphatic carbocycles. The predicted molar refractivity (Wildman–Crippen MR) is 116 cm³/mol. The molecule has 0 fully saturated rings. The summed E-state index contributed by atoms with van der Waals surface area (Å²) in [5, 5.41) is 0. The molecule has 0 N–H and O–H groups in total. The zero-order valence-corrected chi connectivity index (χ0v) is 19.1. The van der Waals surface area contributed by atoms with E-state index in [1.807, 2.05) is 20.8 Å². The number of carbonyl (C=O) groups excluding carboxylic acids is 1. The monoisotopic (exact) mass is 456 g/mol. The fourth-order valence-corrected chi connectivity index (χ4v) is 3.48. The van der Waals surface area contributed by atoms with Crippen LogP contribution in [0.5, 0.6) is 17.2 Å². The van der Waals surface area contributed by atoms with Gasteiger partial charge in [0, 0.05) is 16.1 Å². The Bertz CT molecular complexity index is 905. The van der Waals surface area contributed by atoms with E-state index >= 15 is 0 Å². The van der Waals surface area contributed by atoms with E-state index in [4.69, 9.17) is 14.2 Å². The lowest BCUT2D eigenvalue weighted by molar-refractivity contribution is -0.142. The van der Waals surface area contributed by atoms with Crippen LogP contribution < -0.4 is 9.47 Å². The average molecular weight is 457 g/mol. The van der Waals surface area contributed by atoms with Crippen molar-refractivity contribution in [1.29, 1.82) is 0 Å². The van der Waals surface area contributed by atoms with Crippen molar-refractivity contribution in [2.24, 2.45) is 0 Å². The summed E-state index contributed by atoms with van der Waals surface area (Å²) in [6, 6.07) is 8.43. The summed E-state index contributed by atoms with van der Waals surface area (Å²) in [4.78, 5) is 11.8. The smallest absolute Gasteiger partial charge is 0.416 e. The van der Waals surface area contributed by atoms with E-state index in [2.05, 4.69) is 0 Å². The summed E-state index contributed by atoms with van der Waals surface area (Å²) in [7, 11) is 1.47. The maximum absolute atomic E-state index is 13.2. The Kier molecular flexibility index (Phi) is 8.28. The van der Waals surface area contributed by atoms with Crippen LogP contribution in [0.1, 0.15) is 44.4 Å². The van der Waals surface area contributed by atoms with Gasteiger partial charge in [-0.05, 0) is 42.8 Å². The average Bonchev–Trinajstić information content (AvgIpc) is 2.66. The quantitative estimate of drug-likeness (QED) is 0.417. The number of hydrogen-bond donors (Lipinski definition) is 0. The van der Waals surface area contributed by atoms with Crippen molar-refractivity contribution in [3.8, 4) is 17.2 Å². The zero-order chi connectivity index (χ0) is 23.2. The molecule has 4 nitrogen and oxygen atoms in total. The van der Waals surface area contributed by atoms with Gasteiger partial charge < -0.3 is 14.2 Å². The highest BCUT2D eigenvalue weighted by Gasteiger charge is 2.31. The Morgan fingerprint density at radius 3 is 2.26 bits per heavy atom. The molecule has 2 aromatic carbocycles. The minimum absolute atomic E-state index is 0.0495. The zero-order valence-electron chi connectivity index (χ0n) is 18.3. The molecule has 0 atom stereocenters. The SMILES string of the molecule is CCOC(=O)Cc1ccc(OC)c(Oc2ccc(C(F)(F)F)cc2CSC(C)(C)C)c1. The summed E-state index contributed by atoms with van der Waals surface area (Å²) < 4.78 is 55.9. The second-order valence-corrected chi connectivity index (χ2v) is 9.59. The second-order valence-electron chi connectivity index (χ2n) is 7.79. The van der Waals surface area contributed by atoms with Crippen molar-refractivity contribution >= 4 is 17.7 Å². The minimum atomic E-state index is -4.45. The Morgan fingerprint density at radius 1 is 1.00 bits per heavy atom. The summed E-state index contributed by atoms with van der Waals surface area (Å²) in [6.07, 6.45) is -4.40. The number of thioether (sulfide) groups is 1. The standard InChI is InChI=1S/C23H27F3O4S/c1-6-29-21(27)12-15-7-9-19(28-5)20(11-15)30-18-10-8-17(23(24,25)26)13-16(18)14-31-22(2,3)4/h7-11,13H,6,12,14H2,1-5H3. The lowest BCUT2D eigenvalue weighted by Gasteiger charge is -2.20. The number of hydrogen-bond acceptors (Lipinski definition) is 5. The van der Waals surface area contributed by atoms with Gasteiger partial charge in [0.1, 0.15) is 5.75 Å². The van der Waals surface area contributed by atoms with Crippen LogP contribution in [0.25, 0.3) is 0 Å². The molecule has 31 heavy (non-hydrogen) atoms. The summed E-state index contributed by atoms with van der Waals surface area (Å²) >= 11 is 1.52. The molecule has 170 valence electrons. The fourth-order valence-electron chi connectivity index (χ4n) is 2.67. The number of rotatable bonds is 8. The maximum Gasteiger partial charge on any atom is 0.416 e. The Morgan fingerprint density at radius 2 is 1.68 bits per heavy atom. The van der Waals surface area contributed by atoms with Gasteiger partial charge in [-0.15, -0.1) is 0 Å². The van der Waals surface area contributed by atoms with Gasteiger partial charge in [-0.25, -0.2) is 0 Å². The molecule has 2 rings (SSSR count). The van der Waals surface area contributed by atoms with Gasteiger partial charge in [0.05, 0.1) is 25.7 Å². The van der Waals surface area contributed by atoms with Crippen LogP contribution in [-0.2, 0) is 27.9 Å². The first-order valence-electron chi connectivity index (χ1n) is 9.77. The van der Waals surface area contributed by atoms with E-state index in [0.29, 0.717) is 34.1 Å². The molecule has 0 spiro atoms. The lowest BCUT2D eigenvalue weighted by atomic mass is 10.1. The molecule has 0 unspecified atom stereocenters. The van der Waals surface area contributed by atoms with Crippen LogP contribution in [0.15, 0.2) is 36.4 Å². The van der Waals surface area contributed by atoms with Crippen molar-refractivity contribution in [3.63, 3.8) is 0 Å². The van der Waals surface area contributed by atoms with E-state index in [0.717, 1.165) is 12.1 Å². The van der Waals surface area contributed by atoms with Crippen molar-refractivity contribution in [1.82, 2.24) is 0 Å². The molecule has 0 aliphatic rings. The van der Waals surface area contributed by atoms with Crippen LogP contribution >= 0.6 is 11.8 Å². The van der Waals surface area contributed by atoms with E-state index in [1.54, 1.807) is 25.1 Å². The third-order valence-electron chi connectivity index (χ3n) is 4.15. The van der Waals surface area contributed by atoms with Crippen LogP contribution in [0.3, 0.4) is 0 Å². The number of methoxy groups -OCH3 is 1. The maximum atomic E-state index is 13.2. The van der Waals surface area contributed by atoms with E-state index in [-0.39, 0.29) is 23.7 Å². The first kappa shape index (κ1) is 24.9. The van der Waals surface area contributed by atoms with Crippen LogP contribution in [0.4, 0.5) is 13.2 Å². The molecule has 0 amide bonds. The van der Waals surface area contributed by atoms with Crippen LogP contribution in [0, 0.1) is 0 Å². The van der Waals surface area contributed by atoms with Crippen molar-refractivity contribution in [3.05, 3.63) is 53.1 Å². The van der Waals surface area contributed by atoms with Gasteiger partial charge in [-0.1, -0.05) is 26.8 Å². The normalized spacial score (nSPS) is 11.9. The van der Waals surface area contributed by atoms with Gasteiger partial charge >= 0.3 is 12.1 Å². The number of benzene rings is 2. The molecular formula is C23H27F3O4S. The minimum Gasteiger partial charge on any atom is -0.493 e. The van der Waals surface area contributed by atoms with Crippen LogP contribution in [0.2, 0.25) is 0 Å². The van der Waals surface area contributed by atoms with E-state index < -0.39 is 11.7 Å². The number of alkyl halides is 3. The van der Waals surface area contributed by atoms with Gasteiger partial charge in [-0.3, -0.25) is 4.79 Å². The Labute approximate surface area is 185 Å². The second kappa shape index (κ2) is 10.3. The van der Waals surface area contributed by atoms with Gasteiger partial charge in [-0.2, -0.15) is 24.9 Å². The van der Waals surface area contributed by atoms with Crippen LogP contribution in [-0.4, -0.2) is 24.4 Å². The molecule has 0 aromatic heterocycles. The van der Waals surface area contributed by atoms with Gasteiger partial charge in [0.25, 0.3) is 0 Å². The Balaban J connectivity index is 2.40. The topological polar surface area (TPSA) is 44.8 Å². The summed E-state index contributed by atoms with van der Waals surface area (Å²) in [5.41, 5.74) is 0.340. The molecule has 0 heterocycles. The predicted octanol–water partition coefficient (Wildman–Crippen LogP) is 6.64. The molecule has 0 saturated heterocycles. The molecule has 0 bridgehead atoms. The van der Waals surface area contributed by atoms with E-state index in [9.17, 15) is 18.0 Å². The molecule has 0 aliphatic heterocycles. The highest BCUT2D eigenvalue weighted by molar-refractivity contribution is 7.99. The molecule has 0 radical (unpaired) electrons. The molecule has 0 saturated carbocycles. The molecule has 8 heteroatoms. The first-order valence-corrected chi connectivity index (χ1v) is 10.8. The largest absolute Gasteiger partial charge is 0.493 e. The Hall–Kier alpha value is -2.35. The van der Waals surface area contributed by atoms with Gasteiger partial charge in [0.15, 0.2) is 11.5 Å². The van der Waals surface area contributed by atoms with Gasteiger partial charge in [0.2, 0.25) is 0 Å².